The minimum atomic E-state index is 0.470. The second kappa shape index (κ2) is 4.36. The van der Waals surface area contributed by atoms with Gasteiger partial charge in [0.15, 0.2) is 0 Å². The molecule has 13 heavy (non-hydrogen) atoms. The minimum absolute atomic E-state index is 0.470. The first kappa shape index (κ1) is 9.39. The van der Waals surface area contributed by atoms with Crippen LogP contribution in [0.5, 0.6) is 0 Å². The highest BCUT2D eigenvalue weighted by atomic mass is 16.3. The van der Waals surface area contributed by atoms with E-state index in [0.29, 0.717) is 5.69 Å². The predicted molar refractivity (Wildman–Crippen MR) is 55.9 cm³/mol. The van der Waals surface area contributed by atoms with Crippen LogP contribution >= 0.6 is 0 Å². The fourth-order valence-electron chi connectivity index (χ4n) is 1.13. The molecule has 0 radical (unpaired) electrons. The van der Waals surface area contributed by atoms with Crippen molar-refractivity contribution in [2.24, 2.45) is 5.18 Å². The van der Waals surface area contributed by atoms with Gasteiger partial charge in [0.05, 0.1) is 0 Å². The number of benzene rings is 1. The van der Waals surface area contributed by atoms with Crippen molar-refractivity contribution in [3.8, 4) is 0 Å². The molecule has 0 aromatic heterocycles. The Morgan fingerprint density at radius 2 is 2.23 bits per heavy atom. The zero-order valence-corrected chi connectivity index (χ0v) is 7.53. The second-order valence-corrected chi connectivity index (χ2v) is 2.69. The predicted octanol–water partition coefficient (Wildman–Crippen LogP) is 3.59. The van der Waals surface area contributed by atoms with Gasteiger partial charge in [-0.25, -0.2) is 0 Å². The molecule has 0 unspecified atom stereocenters. The third-order valence-corrected chi connectivity index (χ3v) is 1.80. The third kappa shape index (κ3) is 2.12. The van der Waals surface area contributed by atoms with Gasteiger partial charge in [0.25, 0.3) is 0 Å². The molecule has 1 aromatic rings. The highest BCUT2D eigenvalue weighted by molar-refractivity contribution is 5.67. The summed E-state index contributed by atoms with van der Waals surface area (Å²) in [6, 6.07) is 5.46. The molecule has 0 heterocycles. The Kier molecular flexibility index (Phi) is 3.15. The molecule has 2 nitrogen and oxygen atoms in total. The maximum absolute atomic E-state index is 10.4. The van der Waals surface area contributed by atoms with E-state index in [4.69, 9.17) is 0 Å². The number of aryl methyl sites for hydroxylation is 1. The lowest BCUT2D eigenvalue weighted by Gasteiger charge is -2.00. The van der Waals surface area contributed by atoms with Crippen LogP contribution in [0.15, 0.2) is 42.1 Å². The van der Waals surface area contributed by atoms with Crippen molar-refractivity contribution < 1.29 is 0 Å². The van der Waals surface area contributed by atoms with Gasteiger partial charge in [0.1, 0.15) is 5.69 Å². The molecular weight excluding hydrogens is 162 g/mol. The summed E-state index contributed by atoms with van der Waals surface area (Å²) in [5, 5.41) is 2.95. The molecular formula is C11H11NO. The van der Waals surface area contributed by atoms with Crippen molar-refractivity contribution in [2.75, 3.05) is 0 Å². The molecule has 0 bridgehead atoms. The van der Waals surface area contributed by atoms with Crippen LogP contribution in [0, 0.1) is 11.8 Å². The van der Waals surface area contributed by atoms with E-state index in [9.17, 15) is 4.91 Å². The lowest BCUT2D eigenvalue weighted by Crippen LogP contribution is -1.79. The van der Waals surface area contributed by atoms with Crippen molar-refractivity contribution in [2.45, 2.75) is 6.92 Å². The van der Waals surface area contributed by atoms with E-state index in [0.717, 1.165) is 11.1 Å². The molecule has 0 saturated heterocycles. The molecule has 0 atom stereocenters. The zero-order valence-electron chi connectivity index (χ0n) is 7.53. The summed E-state index contributed by atoms with van der Waals surface area (Å²) in [4.78, 5) is 10.4. The van der Waals surface area contributed by atoms with E-state index < -0.39 is 0 Å². The van der Waals surface area contributed by atoms with Crippen LogP contribution in [0.1, 0.15) is 11.1 Å². The Morgan fingerprint density at radius 3 is 2.85 bits per heavy atom. The molecule has 0 fully saturated rings. The lowest BCUT2D eigenvalue weighted by atomic mass is 10.1. The number of allylic oxidation sites excluding steroid dienone is 2. The van der Waals surface area contributed by atoms with Gasteiger partial charge in [-0.15, -0.1) is 4.91 Å². The second-order valence-electron chi connectivity index (χ2n) is 2.69. The molecule has 0 N–H and O–H groups in total. The Balaban J connectivity index is 3.22. The number of hydrogen-bond donors (Lipinski definition) is 0. The van der Waals surface area contributed by atoms with Gasteiger partial charge in [-0.05, 0) is 23.7 Å². The minimum Gasteiger partial charge on any atom is -0.145 e. The summed E-state index contributed by atoms with van der Waals surface area (Å²) >= 11 is 0. The Hall–Kier alpha value is -1.70. The fraction of sp³-hybridized carbons (Fsp3) is 0.0909. The van der Waals surface area contributed by atoms with E-state index in [2.05, 4.69) is 11.8 Å². The molecule has 2 heteroatoms. The summed E-state index contributed by atoms with van der Waals surface area (Å²) in [5.74, 6) is 0. The van der Waals surface area contributed by atoms with E-state index in [1.807, 2.05) is 25.1 Å². The highest BCUT2D eigenvalue weighted by Gasteiger charge is 2.00. The van der Waals surface area contributed by atoms with E-state index in [1.54, 1.807) is 18.2 Å². The first-order chi connectivity index (χ1) is 6.29. The molecule has 1 aromatic carbocycles. The third-order valence-electron chi connectivity index (χ3n) is 1.80. The SMILES string of the molecule is C=C/C=C\c1c(C)cccc1N=O. The van der Waals surface area contributed by atoms with Crippen molar-refractivity contribution in [1.29, 1.82) is 0 Å². The summed E-state index contributed by atoms with van der Waals surface area (Å²) in [5.41, 5.74) is 2.37. The summed E-state index contributed by atoms with van der Waals surface area (Å²) in [6.07, 6.45) is 5.29. The molecule has 66 valence electrons. The van der Waals surface area contributed by atoms with Gasteiger partial charge in [-0.2, -0.15) is 0 Å². The summed E-state index contributed by atoms with van der Waals surface area (Å²) < 4.78 is 0. The van der Waals surface area contributed by atoms with Crippen LogP contribution < -0.4 is 0 Å². The monoisotopic (exact) mass is 173 g/mol. The normalized spacial score (nSPS) is 10.2. The van der Waals surface area contributed by atoms with Crippen LogP contribution in [0.4, 0.5) is 5.69 Å². The standard InChI is InChI=1S/C11H11NO/c1-3-4-7-10-9(2)6-5-8-11(10)12-13/h3-8H,1H2,2H3/b7-4-. The average molecular weight is 173 g/mol. The molecule has 0 aliphatic rings. The Morgan fingerprint density at radius 1 is 1.46 bits per heavy atom. The molecule has 0 spiro atoms. The summed E-state index contributed by atoms with van der Waals surface area (Å²) in [7, 11) is 0. The average Bonchev–Trinajstić information content (AvgIpc) is 2.15. The van der Waals surface area contributed by atoms with E-state index in [-0.39, 0.29) is 0 Å². The van der Waals surface area contributed by atoms with Gasteiger partial charge in [0, 0.05) is 5.56 Å². The van der Waals surface area contributed by atoms with E-state index in [1.165, 1.54) is 0 Å². The van der Waals surface area contributed by atoms with Crippen molar-refractivity contribution in [3.63, 3.8) is 0 Å². The first-order valence-corrected chi connectivity index (χ1v) is 4.01. The first-order valence-electron chi connectivity index (χ1n) is 4.01. The van der Waals surface area contributed by atoms with Gasteiger partial charge < -0.3 is 0 Å². The summed E-state index contributed by atoms with van der Waals surface area (Å²) in [6.45, 7) is 5.51. The molecule has 0 amide bonds. The lowest BCUT2D eigenvalue weighted by molar-refractivity contribution is 1.39. The zero-order chi connectivity index (χ0) is 9.68. The van der Waals surface area contributed by atoms with Gasteiger partial charge in [0.2, 0.25) is 0 Å². The molecule has 0 aliphatic heterocycles. The van der Waals surface area contributed by atoms with Crippen LogP contribution in [0.25, 0.3) is 6.08 Å². The Labute approximate surface area is 77.6 Å². The number of nitroso groups, excluding NO2 is 1. The van der Waals surface area contributed by atoms with Crippen LogP contribution in [0.2, 0.25) is 0 Å². The van der Waals surface area contributed by atoms with Crippen molar-refractivity contribution in [3.05, 3.63) is 53.0 Å². The van der Waals surface area contributed by atoms with Crippen molar-refractivity contribution in [1.82, 2.24) is 0 Å². The maximum atomic E-state index is 10.4. The smallest absolute Gasteiger partial charge is 0.115 e. The maximum Gasteiger partial charge on any atom is 0.115 e. The molecule has 0 aliphatic carbocycles. The Bertz CT molecular complexity index is 353. The highest BCUT2D eigenvalue weighted by Crippen LogP contribution is 2.23. The number of nitrogens with zero attached hydrogens (tertiary/aromatic N) is 1. The van der Waals surface area contributed by atoms with Gasteiger partial charge in [-0.1, -0.05) is 36.9 Å². The van der Waals surface area contributed by atoms with Crippen LogP contribution in [0.3, 0.4) is 0 Å². The number of rotatable bonds is 3. The largest absolute Gasteiger partial charge is 0.145 e. The molecule has 0 saturated carbocycles. The van der Waals surface area contributed by atoms with Crippen LogP contribution in [-0.4, -0.2) is 0 Å². The molecule has 1 rings (SSSR count). The number of hydrogen-bond acceptors (Lipinski definition) is 2. The fourth-order valence-corrected chi connectivity index (χ4v) is 1.13. The van der Waals surface area contributed by atoms with E-state index >= 15 is 0 Å². The van der Waals surface area contributed by atoms with Gasteiger partial charge >= 0.3 is 0 Å². The quantitative estimate of drug-likeness (QED) is 0.507. The van der Waals surface area contributed by atoms with Gasteiger partial charge in [-0.3, -0.25) is 0 Å². The van der Waals surface area contributed by atoms with Crippen LogP contribution in [-0.2, 0) is 0 Å². The van der Waals surface area contributed by atoms with Crippen molar-refractivity contribution >= 4 is 11.8 Å². The topological polar surface area (TPSA) is 29.4 Å².